The summed E-state index contributed by atoms with van der Waals surface area (Å²) in [6.45, 7) is 6.12. The molecule has 3 unspecified atom stereocenters. The van der Waals surface area contributed by atoms with Crippen LogP contribution in [-0.2, 0) is 9.53 Å². The van der Waals surface area contributed by atoms with Gasteiger partial charge in [-0.1, -0.05) is 26.0 Å². The molecular formula is C19H22N2O2. The molecule has 1 aromatic rings. The third kappa shape index (κ3) is 2.84. The molecule has 2 aliphatic rings. The number of ether oxygens (including phenoxy) is 1. The number of carbonyl (C=O) groups is 1. The number of nitriles is 1. The summed E-state index contributed by atoms with van der Waals surface area (Å²) >= 11 is 0. The van der Waals surface area contributed by atoms with Gasteiger partial charge in [0.15, 0.2) is 0 Å². The van der Waals surface area contributed by atoms with E-state index in [1.165, 1.54) is 12.5 Å². The summed E-state index contributed by atoms with van der Waals surface area (Å²) in [5.74, 6) is 0.497. The molecule has 4 heteroatoms. The summed E-state index contributed by atoms with van der Waals surface area (Å²) in [7, 11) is 0. The van der Waals surface area contributed by atoms with Crippen molar-refractivity contribution in [2.75, 3.05) is 11.9 Å². The van der Waals surface area contributed by atoms with E-state index in [0.717, 1.165) is 12.1 Å². The maximum Gasteiger partial charge on any atom is 0.302 e. The number of fused-ring (bicyclic) bond motifs is 3. The van der Waals surface area contributed by atoms with E-state index in [9.17, 15) is 4.79 Å². The summed E-state index contributed by atoms with van der Waals surface area (Å²) in [6.07, 6.45) is 5.47. The summed E-state index contributed by atoms with van der Waals surface area (Å²) in [5, 5.41) is 12.8. The highest BCUT2D eigenvalue weighted by Gasteiger charge is 2.44. The first-order valence-electron chi connectivity index (χ1n) is 8.03. The minimum atomic E-state index is -0.242. The van der Waals surface area contributed by atoms with Crippen LogP contribution in [0.15, 0.2) is 30.4 Å². The van der Waals surface area contributed by atoms with Crippen LogP contribution in [-0.4, -0.2) is 18.6 Å². The molecule has 0 bridgehead atoms. The SMILES string of the molecule is CC(=O)OCC(C)(C)C1Nc2ccc(C#N)cc2C2C=CCC21. The highest BCUT2D eigenvalue weighted by molar-refractivity contribution is 5.66. The Hall–Kier alpha value is -2.28. The van der Waals surface area contributed by atoms with Crippen LogP contribution in [0.1, 0.15) is 44.2 Å². The molecule has 3 atom stereocenters. The van der Waals surface area contributed by atoms with Gasteiger partial charge in [0.2, 0.25) is 0 Å². The van der Waals surface area contributed by atoms with Crippen molar-refractivity contribution in [3.63, 3.8) is 0 Å². The maximum absolute atomic E-state index is 11.2. The van der Waals surface area contributed by atoms with E-state index in [-0.39, 0.29) is 17.4 Å². The second-order valence-electron chi connectivity index (χ2n) is 7.16. The number of hydrogen-bond donors (Lipinski definition) is 1. The zero-order valence-electron chi connectivity index (χ0n) is 13.8. The van der Waals surface area contributed by atoms with Crippen LogP contribution in [0.4, 0.5) is 5.69 Å². The monoisotopic (exact) mass is 310 g/mol. The van der Waals surface area contributed by atoms with E-state index < -0.39 is 0 Å². The first kappa shape index (κ1) is 15.6. The number of hydrogen-bond acceptors (Lipinski definition) is 4. The second kappa shape index (κ2) is 5.73. The molecule has 23 heavy (non-hydrogen) atoms. The molecule has 1 aromatic carbocycles. The molecule has 1 aliphatic heterocycles. The number of nitrogens with zero attached hydrogens (tertiary/aromatic N) is 1. The number of nitrogens with one attached hydrogen (secondary N) is 1. The fraction of sp³-hybridized carbons (Fsp3) is 0.474. The molecule has 0 spiro atoms. The van der Waals surface area contributed by atoms with Crippen molar-refractivity contribution in [3.8, 4) is 6.07 Å². The number of rotatable bonds is 3. The Bertz CT molecular complexity index is 700. The predicted octanol–water partition coefficient (Wildman–Crippen LogP) is 3.60. The second-order valence-corrected chi connectivity index (χ2v) is 7.16. The van der Waals surface area contributed by atoms with Crippen molar-refractivity contribution >= 4 is 11.7 Å². The standard InChI is InChI=1S/C19H22N2O2/c1-12(22)23-11-19(2,3)18-15-6-4-5-14(15)16-9-13(10-20)7-8-17(16)21-18/h4-5,7-9,14-15,18,21H,6,11H2,1-3H3. The first-order chi connectivity index (χ1) is 10.9. The highest BCUT2D eigenvalue weighted by atomic mass is 16.5. The van der Waals surface area contributed by atoms with Crippen LogP contribution in [0.2, 0.25) is 0 Å². The molecule has 0 fully saturated rings. The zero-order valence-corrected chi connectivity index (χ0v) is 13.8. The van der Waals surface area contributed by atoms with Gasteiger partial charge in [0.25, 0.3) is 0 Å². The van der Waals surface area contributed by atoms with E-state index >= 15 is 0 Å². The molecule has 4 nitrogen and oxygen atoms in total. The van der Waals surface area contributed by atoms with Crippen LogP contribution in [0, 0.1) is 22.7 Å². The van der Waals surface area contributed by atoms with Crippen LogP contribution < -0.4 is 5.32 Å². The van der Waals surface area contributed by atoms with E-state index in [1.54, 1.807) is 0 Å². The molecule has 1 N–H and O–H groups in total. The zero-order chi connectivity index (χ0) is 16.6. The summed E-state index contributed by atoms with van der Waals surface area (Å²) < 4.78 is 5.29. The van der Waals surface area contributed by atoms with E-state index in [4.69, 9.17) is 10.00 Å². The third-order valence-electron chi connectivity index (χ3n) is 4.98. The molecule has 1 heterocycles. The topological polar surface area (TPSA) is 62.1 Å². The Morgan fingerprint density at radius 1 is 1.48 bits per heavy atom. The quantitative estimate of drug-likeness (QED) is 0.684. The minimum Gasteiger partial charge on any atom is -0.465 e. The molecular weight excluding hydrogens is 288 g/mol. The molecule has 3 rings (SSSR count). The van der Waals surface area contributed by atoms with Gasteiger partial charge in [-0.2, -0.15) is 5.26 Å². The van der Waals surface area contributed by atoms with Crippen LogP contribution >= 0.6 is 0 Å². The third-order valence-corrected chi connectivity index (χ3v) is 4.98. The van der Waals surface area contributed by atoms with Crippen molar-refractivity contribution < 1.29 is 9.53 Å². The number of carbonyl (C=O) groups excluding carboxylic acids is 1. The molecule has 1 aliphatic carbocycles. The Morgan fingerprint density at radius 3 is 2.96 bits per heavy atom. The molecule has 0 amide bonds. The molecule has 120 valence electrons. The van der Waals surface area contributed by atoms with Gasteiger partial charge in [0, 0.05) is 30.0 Å². The predicted molar refractivity (Wildman–Crippen MR) is 89.0 cm³/mol. The van der Waals surface area contributed by atoms with Crippen LogP contribution in [0.25, 0.3) is 0 Å². The minimum absolute atomic E-state index is 0.174. The Labute approximate surface area is 137 Å². The maximum atomic E-state index is 11.2. The number of benzene rings is 1. The molecule has 0 aromatic heterocycles. The first-order valence-corrected chi connectivity index (χ1v) is 8.03. The smallest absolute Gasteiger partial charge is 0.302 e. The summed E-state index contributed by atoms with van der Waals surface area (Å²) in [4.78, 5) is 11.2. The van der Waals surface area contributed by atoms with Crippen molar-refractivity contribution in [2.24, 2.45) is 11.3 Å². The average Bonchev–Trinajstić information content (AvgIpc) is 3.01. The van der Waals surface area contributed by atoms with Gasteiger partial charge < -0.3 is 10.1 Å². The Morgan fingerprint density at radius 2 is 2.26 bits per heavy atom. The van der Waals surface area contributed by atoms with Gasteiger partial charge in [0.1, 0.15) is 0 Å². The molecule has 0 saturated heterocycles. The lowest BCUT2D eigenvalue weighted by Crippen LogP contribution is -2.48. The molecule has 0 radical (unpaired) electrons. The lowest BCUT2D eigenvalue weighted by atomic mass is 9.69. The number of allylic oxidation sites excluding steroid dienone is 2. The van der Waals surface area contributed by atoms with Crippen LogP contribution in [0.5, 0.6) is 0 Å². The lowest BCUT2D eigenvalue weighted by molar-refractivity contribution is -0.144. The lowest BCUT2D eigenvalue weighted by Gasteiger charge is -2.45. The number of esters is 1. The fourth-order valence-corrected chi connectivity index (χ4v) is 3.82. The summed E-state index contributed by atoms with van der Waals surface area (Å²) in [5.41, 5.74) is 2.80. The Kier molecular flexibility index (Phi) is 3.89. The van der Waals surface area contributed by atoms with Gasteiger partial charge in [-0.15, -0.1) is 0 Å². The molecule has 0 saturated carbocycles. The van der Waals surface area contributed by atoms with Gasteiger partial charge >= 0.3 is 5.97 Å². The van der Waals surface area contributed by atoms with Crippen molar-refractivity contribution in [3.05, 3.63) is 41.5 Å². The largest absolute Gasteiger partial charge is 0.465 e. The van der Waals surface area contributed by atoms with E-state index in [1.807, 2.05) is 18.2 Å². The van der Waals surface area contributed by atoms with Crippen molar-refractivity contribution in [2.45, 2.75) is 39.2 Å². The Balaban J connectivity index is 1.93. The van der Waals surface area contributed by atoms with Gasteiger partial charge in [0.05, 0.1) is 18.2 Å². The van der Waals surface area contributed by atoms with Crippen LogP contribution in [0.3, 0.4) is 0 Å². The average molecular weight is 310 g/mol. The fourth-order valence-electron chi connectivity index (χ4n) is 3.82. The van der Waals surface area contributed by atoms with Gasteiger partial charge in [-0.05, 0) is 36.1 Å². The van der Waals surface area contributed by atoms with Crippen molar-refractivity contribution in [1.29, 1.82) is 5.26 Å². The summed E-state index contributed by atoms with van der Waals surface area (Å²) in [6, 6.07) is 8.26. The van der Waals surface area contributed by atoms with E-state index in [0.29, 0.717) is 24.0 Å². The van der Waals surface area contributed by atoms with Gasteiger partial charge in [-0.3, -0.25) is 4.79 Å². The van der Waals surface area contributed by atoms with Gasteiger partial charge in [-0.25, -0.2) is 0 Å². The van der Waals surface area contributed by atoms with E-state index in [2.05, 4.69) is 37.4 Å². The van der Waals surface area contributed by atoms with Crippen molar-refractivity contribution in [1.82, 2.24) is 0 Å². The number of anilines is 1. The highest BCUT2D eigenvalue weighted by Crippen LogP contribution is 2.49. The normalized spacial score (nSPS) is 25.0.